The van der Waals surface area contributed by atoms with Gasteiger partial charge in [-0.2, -0.15) is 10.1 Å². The molecule has 0 saturated carbocycles. The highest BCUT2D eigenvalue weighted by atomic mass is 127. The van der Waals surface area contributed by atoms with Crippen molar-refractivity contribution in [3.8, 4) is 5.82 Å². The molecule has 0 atom stereocenters. The van der Waals surface area contributed by atoms with E-state index in [0.29, 0.717) is 5.95 Å². The molecule has 19 heavy (non-hydrogen) atoms. The van der Waals surface area contributed by atoms with Crippen LogP contribution in [0.25, 0.3) is 16.0 Å². The molecule has 0 fully saturated rings. The number of hydrogen-bond donors (Lipinski definition) is 1. The molecule has 0 unspecified atom stereocenters. The van der Waals surface area contributed by atoms with E-state index in [-0.39, 0.29) is 0 Å². The van der Waals surface area contributed by atoms with Gasteiger partial charge in [0.2, 0.25) is 5.95 Å². The van der Waals surface area contributed by atoms with Crippen LogP contribution in [0.15, 0.2) is 23.8 Å². The zero-order valence-electron chi connectivity index (χ0n) is 10.3. The Hall–Kier alpha value is -1.22. The van der Waals surface area contributed by atoms with Crippen LogP contribution >= 0.6 is 33.9 Å². The second-order valence-electron chi connectivity index (χ2n) is 4.04. The summed E-state index contributed by atoms with van der Waals surface area (Å²) in [6.07, 6.45) is 4.82. The summed E-state index contributed by atoms with van der Waals surface area (Å²) in [6.45, 7) is 2.99. The fourth-order valence-corrected chi connectivity index (χ4v) is 2.89. The monoisotopic (exact) mass is 385 g/mol. The average molecular weight is 385 g/mol. The molecule has 3 aromatic rings. The zero-order chi connectivity index (χ0) is 13.2. The lowest BCUT2D eigenvalue weighted by Gasteiger charge is -2.07. The fourth-order valence-electron chi connectivity index (χ4n) is 1.75. The molecule has 1 N–H and O–H groups in total. The molecule has 5 nitrogen and oxygen atoms in total. The molecule has 3 aromatic heterocycles. The highest BCUT2D eigenvalue weighted by Crippen LogP contribution is 2.25. The Morgan fingerprint density at radius 2 is 2.32 bits per heavy atom. The van der Waals surface area contributed by atoms with E-state index in [1.165, 1.54) is 0 Å². The van der Waals surface area contributed by atoms with Crippen LogP contribution in [0, 0.1) is 3.57 Å². The summed E-state index contributed by atoms with van der Waals surface area (Å²) >= 11 is 3.86. The lowest BCUT2D eigenvalue weighted by molar-refractivity contribution is 0.848. The van der Waals surface area contributed by atoms with E-state index in [0.717, 1.165) is 32.6 Å². The third-order valence-corrected chi connectivity index (χ3v) is 3.97. The Balaban J connectivity index is 2.12. The summed E-state index contributed by atoms with van der Waals surface area (Å²) in [6, 6.07) is 2.04. The predicted octanol–water partition coefficient (Wildman–Crippen LogP) is 3.30. The molecule has 0 aliphatic heterocycles. The summed E-state index contributed by atoms with van der Waals surface area (Å²) in [5, 5.41) is 10.6. The summed E-state index contributed by atoms with van der Waals surface area (Å²) in [5.74, 6) is 1.49. The van der Waals surface area contributed by atoms with Gasteiger partial charge in [0.1, 0.15) is 4.83 Å². The SMILES string of the molecule is CCCNc1nc(-n2cc(I)cn2)c2ccsc2n1. The highest BCUT2D eigenvalue weighted by molar-refractivity contribution is 14.1. The molecular formula is C12H12IN5S. The van der Waals surface area contributed by atoms with E-state index < -0.39 is 0 Å². The van der Waals surface area contributed by atoms with Gasteiger partial charge in [0.25, 0.3) is 0 Å². The third-order valence-electron chi connectivity index (χ3n) is 2.61. The minimum absolute atomic E-state index is 0.664. The van der Waals surface area contributed by atoms with Gasteiger partial charge in [-0.25, -0.2) is 9.67 Å². The van der Waals surface area contributed by atoms with Gasteiger partial charge in [-0.15, -0.1) is 11.3 Å². The smallest absolute Gasteiger partial charge is 0.226 e. The standard InChI is InChI=1S/C12H12IN5S/c1-2-4-14-12-16-10(18-7-8(13)6-15-18)9-3-5-19-11(9)17-12/h3,5-7H,2,4H2,1H3,(H,14,16,17). The number of nitrogens with zero attached hydrogens (tertiary/aromatic N) is 4. The number of rotatable bonds is 4. The maximum Gasteiger partial charge on any atom is 0.226 e. The normalized spacial score (nSPS) is 11.1. The Morgan fingerprint density at radius 3 is 3.05 bits per heavy atom. The van der Waals surface area contributed by atoms with Crippen molar-refractivity contribution in [3.05, 3.63) is 27.4 Å². The number of thiophene rings is 1. The van der Waals surface area contributed by atoms with E-state index in [1.54, 1.807) is 16.0 Å². The van der Waals surface area contributed by atoms with Crippen molar-refractivity contribution in [1.29, 1.82) is 0 Å². The highest BCUT2D eigenvalue weighted by Gasteiger charge is 2.11. The number of nitrogens with one attached hydrogen (secondary N) is 1. The molecule has 7 heteroatoms. The van der Waals surface area contributed by atoms with E-state index >= 15 is 0 Å². The van der Waals surface area contributed by atoms with Crippen LogP contribution in [0.1, 0.15) is 13.3 Å². The van der Waals surface area contributed by atoms with Crippen LogP contribution < -0.4 is 5.32 Å². The van der Waals surface area contributed by atoms with Crippen molar-refractivity contribution in [2.45, 2.75) is 13.3 Å². The van der Waals surface area contributed by atoms with Crippen molar-refractivity contribution < 1.29 is 0 Å². The van der Waals surface area contributed by atoms with Gasteiger partial charge in [0, 0.05) is 12.7 Å². The summed E-state index contributed by atoms with van der Waals surface area (Å²) in [7, 11) is 0. The Morgan fingerprint density at radius 1 is 1.42 bits per heavy atom. The largest absolute Gasteiger partial charge is 0.354 e. The summed E-state index contributed by atoms with van der Waals surface area (Å²) < 4.78 is 2.89. The first-order valence-electron chi connectivity index (χ1n) is 5.97. The van der Waals surface area contributed by atoms with Crippen LogP contribution in [-0.4, -0.2) is 26.3 Å². The Kier molecular flexibility index (Phi) is 3.65. The molecule has 3 heterocycles. The molecule has 0 spiro atoms. The van der Waals surface area contributed by atoms with Gasteiger partial charge >= 0.3 is 0 Å². The first-order valence-corrected chi connectivity index (χ1v) is 7.93. The molecule has 0 aromatic carbocycles. The second-order valence-corrected chi connectivity index (χ2v) is 6.18. The number of anilines is 1. The molecule has 0 aliphatic carbocycles. The number of halogens is 1. The lowest BCUT2D eigenvalue weighted by atomic mass is 10.4. The van der Waals surface area contributed by atoms with E-state index in [2.05, 4.69) is 49.9 Å². The average Bonchev–Trinajstić information content (AvgIpc) is 3.03. The van der Waals surface area contributed by atoms with Crippen molar-refractivity contribution >= 4 is 50.1 Å². The molecular weight excluding hydrogens is 373 g/mol. The summed E-state index contributed by atoms with van der Waals surface area (Å²) in [4.78, 5) is 10.1. The summed E-state index contributed by atoms with van der Waals surface area (Å²) in [5.41, 5.74) is 0. The molecule has 0 saturated heterocycles. The van der Waals surface area contributed by atoms with Crippen LogP contribution in [0.2, 0.25) is 0 Å². The van der Waals surface area contributed by atoms with Crippen LogP contribution in [-0.2, 0) is 0 Å². The maximum absolute atomic E-state index is 4.58. The molecule has 0 amide bonds. The van der Waals surface area contributed by atoms with E-state index in [1.807, 2.05) is 23.8 Å². The van der Waals surface area contributed by atoms with E-state index in [9.17, 15) is 0 Å². The van der Waals surface area contributed by atoms with Crippen molar-refractivity contribution in [3.63, 3.8) is 0 Å². The third kappa shape index (κ3) is 2.57. The Labute approximate surface area is 128 Å². The minimum atomic E-state index is 0.664. The quantitative estimate of drug-likeness (QED) is 0.701. The maximum atomic E-state index is 4.58. The van der Waals surface area contributed by atoms with Crippen LogP contribution in [0.3, 0.4) is 0 Å². The minimum Gasteiger partial charge on any atom is -0.354 e. The number of aromatic nitrogens is 4. The first kappa shape index (κ1) is 12.8. The second kappa shape index (κ2) is 5.41. The fraction of sp³-hybridized carbons (Fsp3) is 0.250. The zero-order valence-corrected chi connectivity index (χ0v) is 13.3. The number of hydrogen-bond acceptors (Lipinski definition) is 5. The topological polar surface area (TPSA) is 55.6 Å². The van der Waals surface area contributed by atoms with Gasteiger partial charge in [0.05, 0.1) is 15.2 Å². The molecule has 0 aliphatic rings. The van der Waals surface area contributed by atoms with Gasteiger partial charge < -0.3 is 5.32 Å². The molecule has 98 valence electrons. The van der Waals surface area contributed by atoms with Crippen LogP contribution in [0.5, 0.6) is 0 Å². The van der Waals surface area contributed by atoms with Gasteiger partial charge in [-0.3, -0.25) is 0 Å². The van der Waals surface area contributed by atoms with Crippen molar-refractivity contribution in [2.75, 3.05) is 11.9 Å². The molecule has 0 radical (unpaired) electrons. The predicted molar refractivity (Wildman–Crippen MR) is 86.0 cm³/mol. The molecule has 0 bridgehead atoms. The number of fused-ring (bicyclic) bond motifs is 1. The van der Waals surface area contributed by atoms with Crippen LogP contribution in [0.4, 0.5) is 5.95 Å². The lowest BCUT2D eigenvalue weighted by Crippen LogP contribution is -2.07. The molecule has 3 rings (SSSR count). The van der Waals surface area contributed by atoms with E-state index in [4.69, 9.17) is 0 Å². The van der Waals surface area contributed by atoms with Gasteiger partial charge in [-0.1, -0.05) is 6.92 Å². The Bertz CT molecular complexity index is 705. The van der Waals surface area contributed by atoms with Crippen molar-refractivity contribution in [1.82, 2.24) is 19.7 Å². The van der Waals surface area contributed by atoms with Gasteiger partial charge in [-0.05, 0) is 40.5 Å². The van der Waals surface area contributed by atoms with Crippen molar-refractivity contribution in [2.24, 2.45) is 0 Å². The van der Waals surface area contributed by atoms with Gasteiger partial charge in [0.15, 0.2) is 5.82 Å². The first-order chi connectivity index (χ1) is 9.28.